The van der Waals surface area contributed by atoms with E-state index in [0.717, 1.165) is 37.7 Å². The summed E-state index contributed by atoms with van der Waals surface area (Å²) in [5, 5.41) is 33.5. The fraction of sp³-hybridized carbons (Fsp3) is 0.806. The number of rotatable bonds is 5. The van der Waals surface area contributed by atoms with Crippen LogP contribution < -0.4 is 5.63 Å². The maximum atomic E-state index is 13.0. The molecule has 1 aromatic heterocycles. The van der Waals surface area contributed by atoms with E-state index in [1.54, 1.807) is 13.2 Å². The lowest BCUT2D eigenvalue weighted by atomic mass is 9.43. The van der Waals surface area contributed by atoms with Gasteiger partial charge in [-0.15, -0.1) is 0 Å². The van der Waals surface area contributed by atoms with Crippen LogP contribution in [0, 0.1) is 28.6 Å². The molecule has 0 aromatic carbocycles. The Balaban J connectivity index is 1.19. The molecule has 1 aromatic rings. The lowest BCUT2D eigenvalue weighted by Gasteiger charge is -2.63. The molecule has 6 rings (SSSR count). The van der Waals surface area contributed by atoms with Crippen molar-refractivity contribution in [3.05, 3.63) is 34.4 Å². The molecule has 40 heavy (non-hydrogen) atoms. The van der Waals surface area contributed by atoms with Gasteiger partial charge in [0.2, 0.25) is 0 Å². The zero-order chi connectivity index (χ0) is 28.4. The van der Waals surface area contributed by atoms with E-state index in [-0.39, 0.29) is 40.8 Å². The Bertz CT molecular complexity index is 1130. The highest BCUT2D eigenvalue weighted by Crippen LogP contribution is 2.70. The highest BCUT2D eigenvalue weighted by atomic mass is 16.7. The molecule has 4 saturated carbocycles. The minimum Gasteiger partial charge on any atom is -0.431 e. The van der Waals surface area contributed by atoms with Crippen molar-refractivity contribution in [3.63, 3.8) is 0 Å². The van der Waals surface area contributed by atoms with Gasteiger partial charge >= 0.3 is 5.63 Å². The van der Waals surface area contributed by atoms with Crippen LogP contribution >= 0.6 is 0 Å². The molecule has 1 saturated heterocycles. The molecule has 0 amide bonds. The van der Waals surface area contributed by atoms with E-state index >= 15 is 0 Å². The lowest BCUT2D eigenvalue weighted by molar-refractivity contribution is -0.312. The van der Waals surface area contributed by atoms with Crippen molar-refractivity contribution in [2.24, 2.45) is 28.6 Å². The molecule has 1 aliphatic heterocycles. The van der Waals surface area contributed by atoms with Gasteiger partial charge in [-0.2, -0.15) is 0 Å². The zero-order valence-electron chi connectivity index (χ0n) is 23.7. The van der Waals surface area contributed by atoms with Gasteiger partial charge in [0, 0.05) is 24.0 Å². The SMILES string of the molecule is COC1C(O)C(C)OC(O[C@H]2CC[C@]3(C=O)C4CC[C@]5(C)[C@@H](c6ccc(=O)oc6)CC[C@]5(O)[C@@H]4CC[C@H]3C2)C1O. The molecule has 5 aliphatic rings. The van der Waals surface area contributed by atoms with Crippen LogP contribution in [0.25, 0.3) is 0 Å². The van der Waals surface area contributed by atoms with Gasteiger partial charge in [0.05, 0.1) is 24.1 Å². The van der Waals surface area contributed by atoms with Gasteiger partial charge < -0.3 is 38.7 Å². The summed E-state index contributed by atoms with van der Waals surface area (Å²) in [6.45, 7) is 3.93. The maximum absolute atomic E-state index is 13.0. The number of fused-ring (bicyclic) bond motifs is 5. The first-order chi connectivity index (χ1) is 19.1. The second-order valence-corrected chi connectivity index (χ2v) is 13.5. The monoisotopic (exact) mass is 560 g/mol. The first-order valence-electron chi connectivity index (χ1n) is 15.1. The number of hydrogen-bond acceptors (Lipinski definition) is 9. The third kappa shape index (κ3) is 4.10. The van der Waals surface area contributed by atoms with Crippen LogP contribution in [0.2, 0.25) is 0 Å². The first kappa shape index (κ1) is 28.5. The number of aldehydes is 1. The molecule has 0 radical (unpaired) electrons. The normalized spacial score (nSPS) is 50.5. The molecule has 3 N–H and O–H groups in total. The van der Waals surface area contributed by atoms with Crippen molar-refractivity contribution in [2.45, 2.75) is 120 Å². The molecule has 9 heteroatoms. The maximum Gasteiger partial charge on any atom is 0.335 e. The summed E-state index contributed by atoms with van der Waals surface area (Å²) in [7, 11) is 1.46. The topological polar surface area (TPSA) is 136 Å². The zero-order valence-corrected chi connectivity index (χ0v) is 23.7. The smallest absolute Gasteiger partial charge is 0.335 e. The molecule has 2 heterocycles. The highest BCUT2D eigenvalue weighted by Gasteiger charge is 2.68. The van der Waals surface area contributed by atoms with Crippen LogP contribution in [0.1, 0.15) is 83.1 Å². The summed E-state index contributed by atoms with van der Waals surface area (Å²) >= 11 is 0. The number of ether oxygens (including phenoxy) is 3. The predicted molar refractivity (Wildman–Crippen MR) is 143 cm³/mol. The number of methoxy groups -OCH3 is 1. The van der Waals surface area contributed by atoms with Crippen molar-refractivity contribution in [1.82, 2.24) is 0 Å². The quantitative estimate of drug-likeness (QED) is 0.367. The predicted octanol–water partition coefficient (Wildman–Crippen LogP) is 2.93. The van der Waals surface area contributed by atoms with Crippen LogP contribution in [-0.2, 0) is 19.0 Å². The molecule has 222 valence electrons. The number of carbonyl (C=O) groups excluding carboxylic acids is 1. The van der Waals surface area contributed by atoms with Gasteiger partial charge in [-0.05, 0) is 100 Å². The largest absolute Gasteiger partial charge is 0.431 e. The Morgan fingerprint density at radius 1 is 1.02 bits per heavy atom. The van der Waals surface area contributed by atoms with Crippen molar-refractivity contribution in [1.29, 1.82) is 0 Å². The number of aliphatic hydroxyl groups excluding tert-OH is 2. The summed E-state index contributed by atoms with van der Waals surface area (Å²) in [6.07, 6.45) is 5.26. The van der Waals surface area contributed by atoms with E-state index in [1.807, 2.05) is 6.07 Å². The van der Waals surface area contributed by atoms with Gasteiger partial charge in [-0.25, -0.2) is 4.79 Å². The summed E-state index contributed by atoms with van der Waals surface area (Å²) in [4.78, 5) is 24.6. The second-order valence-electron chi connectivity index (χ2n) is 13.5. The number of carbonyl (C=O) groups is 1. The van der Waals surface area contributed by atoms with Gasteiger partial charge in [-0.1, -0.05) is 6.92 Å². The van der Waals surface area contributed by atoms with E-state index in [2.05, 4.69) is 6.92 Å². The summed E-state index contributed by atoms with van der Waals surface area (Å²) < 4.78 is 22.6. The second kappa shape index (κ2) is 10.3. The van der Waals surface area contributed by atoms with Gasteiger partial charge in [0.25, 0.3) is 0 Å². The Morgan fingerprint density at radius 3 is 2.52 bits per heavy atom. The molecule has 5 fully saturated rings. The van der Waals surface area contributed by atoms with Gasteiger partial charge in [0.15, 0.2) is 6.29 Å². The van der Waals surface area contributed by atoms with E-state index < -0.39 is 41.7 Å². The third-order valence-corrected chi connectivity index (χ3v) is 12.1. The molecule has 4 aliphatic carbocycles. The fourth-order valence-corrected chi connectivity index (χ4v) is 9.91. The number of hydrogen-bond donors (Lipinski definition) is 3. The summed E-state index contributed by atoms with van der Waals surface area (Å²) in [6, 6.07) is 3.30. The lowest BCUT2D eigenvalue weighted by Crippen LogP contribution is -2.63. The molecule has 6 unspecified atom stereocenters. The van der Waals surface area contributed by atoms with Gasteiger partial charge in [0.1, 0.15) is 24.6 Å². The average Bonchev–Trinajstić information content (AvgIpc) is 3.23. The number of aliphatic hydroxyl groups is 3. The van der Waals surface area contributed by atoms with E-state index in [0.29, 0.717) is 25.7 Å². The minimum atomic E-state index is -1.11. The highest BCUT2D eigenvalue weighted by molar-refractivity contribution is 5.62. The van der Waals surface area contributed by atoms with Crippen molar-refractivity contribution >= 4 is 6.29 Å². The van der Waals surface area contributed by atoms with Crippen molar-refractivity contribution in [3.8, 4) is 0 Å². The van der Waals surface area contributed by atoms with E-state index in [9.17, 15) is 24.9 Å². The standard InChI is InChI=1S/C31H44O9/c1-17-25(34)27(37-3)26(35)28(39-17)40-20-8-12-30(16-32)19(14-20)5-6-23-22(30)9-11-29(2)21(10-13-31(23,29)36)18-4-7-24(33)38-15-18/h4,7,15-17,19-23,25-28,34-36H,5-6,8-14H2,1-3H3/t17?,19-,20-,21+,22?,23+,25?,26?,27?,28?,29+,30+,31-/m0/s1. The molecular formula is C31H44O9. The van der Waals surface area contributed by atoms with Crippen LogP contribution in [0.3, 0.4) is 0 Å². The fourth-order valence-electron chi connectivity index (χ4n) is 9.91. The van der Waals surface area contributed by atoms with Crippen LogP contribution in [0.4, 0.5) is 0 Å². The summed E-state index contributed by atoms with van der Waals surface area (Å²) in [5.74, 6) is 0.398. The first-order valence-corrected chi connectivity index (χ1v) is 15.1. The Morgan fingerprint density at radius 2 is 1.82 bits per heavy atom. The minimum absolute atomic E-state index is 0.0409. The molecule has 13 atom stereocenters. The van der Waals surface area contributed by atoms with E-state index in [4.69, 9.17) is 18.6 Å². The van der Waals surface area contributed by atoms with E-state index in [1.165, 1.54) is 19.5 Å². The average molecular weight is 561 g/mol. The van der Waals surface area contributed by atoms with Crippen molar-refractivity contribution < 1.29 is 38.7 Å². The Labute approximate surface area is 235 Å². The Hall–Kier alpha value is -1.62. The molecule has 0 bridgehead atoms. The molecule has 0 spiro atoms. The third-order valence-electron chi connectivity index (χ3n) is 12.1. The van der Waals surface area contributed by atoms with Crippen LogP contribution in [0.15, 0.2) is 27.6 Å². The Kier molecular flexibility index (Phi) is 7.32. The molecule has 9 nitrogen and oxygen atoms in total. The molecular weight excluding hydrogens is 516 g/mol. The van der Waals surface area contributed by atoms with Crippen molar-refractivity contribution in [2.75, 3.05) is 7.11 Å². The van der Waals surface area contributed by atoms with Gasteiger partial charge in [-0.3, -0.25) is 0 Å². The van der Waals surface area contributed by atoms with Crippen LogP contribution in [0.5, 0.6) is 0 Å². The van der Waals surface area contributed by atoms with Crippen LogP contribution in [-0.4, -0.2) is 71.1 Å². The summed E-state index contributed by atoms with van der Waals surface area (Å²) in [5.41, 5.74) is -1.12.